The van der Waals surface area contributed by atoms with Crippen LogP contribution in [0.25, 0.3) is 0 Å². The summed E-state index contributed by atoms with van der Waals surface area (Å²) in [4.78, 5) is 27.4. The number of hydrogen-bond acceptors (Lipinski definition) is 6. The summed E-state index contributed by atoms with van der Waals surface area (Å²) in [5, 5.41) is 0. The molecule has 1 aliphatic heterocycles. The van der Waals surface area contributed by atoms with Crippen LogP contribution in [0.1, 0.15) is 20.7 Å². The van der Waals surface area contributed by atoms with Crippen LogP contribution < -0.4 is 0 Å². The van der Waals surface area contributed by atoms with E-state index in [0.717, 1.165) is 19.6 Å². The molecular weight excluding hydrogens is 320 g/mol. The highest BCUT2D eigenvalue weighted by Crippen LogP contribution is 2.48. The van der Waals surface area contributed by atoms with Gasteiger partial charge in [0.25, 0.3) is 0 Å². The Hall–Kier alpha value is -1.92. The fraction of sp³-hybridized carbons (Fsp3) is 0.125. The van der Waals surface area contributed by atoms with Gasteiger partial charge < -0.3 is 9.47 Å². The second kappa shape index (κ2) is 6.06. The highest BCUT2D eigenvalue weighted by Gasteiger charge is 2.20. The third-order valence-electron chi connectivity index (χ3n) is 3.17. The zero-order valence-electron chi connectivity index (χ0n) is 11.9. The Kier molecular flexibility index (Phi) is 4.13. The van der Waals surface area contributed by atoms with Crippen LogP contribution in [0.2, 0.25) is 0 Å². The van der Waals surface area contributed by atoms with Gasteiger partial charge in [-0.3, -0.25) is 0 Å². The molecule has 112 valence electrons. The molecule has 0 N–H and O–H groups in total. The van der Waals surface area contributed by atoms with E-state index in [-0.39, 0.29) is 11.9 Å². The Bertz CT molecular complexity index is 707. The standard InChI is InChI=1S/C16H12O4S2/c1-19-15(17)9-3-5-11-13(7-9)22-14-8-10(16(18)20-2)4-6-12(14)21-11/h3-8H,1-2H3. The van der Waals surface area contributed by atoms with Crippen molar-refractivity contribution in [3.05, 3.63) is 47.5 Å². The number of benzene rings is 2. The quantitative estimate of drug-likeness (QED) is 0.664. The predicted molar refractivity (Wildman–Crippen MR) is 83.8 cm³/mol. The summed E-state index contributed by atoms with van der Waals surface area (Å²) in [5.74, 6) is -0.718. The van der Waals surface area contributed by atoms with E-state index in [1.165, 1.54) is 26.0 Å². The summed E-state index contributed by atoms with van der Waals surface area (Å²) in [7, 11) is 2.73. The minimum absolute atomic E-state index is 0.359. The van der Waals surface area contributed by atoms with Crippen molar-refractivity contribution in [1.29, 1.82) is 0 Å². The predicted octanol–water partition coefficient (Wildman–Crippen LogP) is 3.88. The van der Waals surface area contributed by atoms with Crippen LogP contribution in [0, 0.1) is 0 Å². The first kappa shape index (κ1) is 15.0. The largest absolute Gasteiger partial charge is 0.465 e. The molecule has 0 aliphatic carbocycles. The second-order valence-electron chi connectivity index (χ2n) is 4.51. The first-order chi connectivity index (χ1) is 10.6. The molecule has 2 aromatic rings. The van der Waals surface area contributed by atoms with E-state index < -0.39 is 0 Å². The lowest BCUT2D eigenvalue weighted by atomic mass is 10.2. The summed E-state index contributed by atoms with van der Waals surface area (Å²) in [6.07, 6.45) is 0. The van der Waals surface area contributed by atoms with E-state index in [2.05, 4.69) is 0 Å². The molecule has 0 atom stereocenters. The molecule has 22 heavy (non-hydrogen) atoms. The van der Waals surface area contributed by atoms with Gasteiger partial charge in [0.2, 0.25) is 0 Å². The zero-order chi connectivity index (χ0) is 15.7. The van der Waals surface area contributed by atoms with Crippen molar-refractivity contribution in [2.24, 2.45) is 0 Å². The average molecular weight is 332 g/mol. The molecule has 0 radical (unpaired) electrons. The lowest BCUT2D eigenvalue weighted by Gasteiger charge is -2.19. The summed E-state index contributed by atoms with van der Waals surface area (Å²) in [5.41, 5.74) is 1.03. The molecule has 0 amide bonds. The van der Waals surface area contributed by atoms with Crippen molar-refractivity contribution in [3.8, 4) is 0 Å². The number of ether oxygens (including phenoxy) is 2. The number of rotatable bonds is 2. The van der Waals surface area contributed by atoms with E-state index >= 15 is 0 Å². The van der Waals surface area contributed by atoms with Crippen molar-refractivity contribution in [1.82, 2.24) is 0 Å². The normalized spacial score (nSPS) is 12.1. The monoisotopic (exact) mass is 332 g/mol. The molecule has 0 unspecified atom stereocenters. The maximum atomic E-state index is 11.6. The van der Waals surface area contributed by atoms with Gasteiger partial charge >= 0.3 is 11.9 Å². The fourth-order valence-corrected chi connectivity index (χ4v) is 4.34. The van der Waals surface area contributed by atoms with Crippen LogP contribution in [0.3, 0.4) is 0 Å². The van der Waals surface area contributed by atoms with Gasteiger partial charge in [-0.05, 0) is 36.4 Å². The molecular formula is C16H12O4S2. The van der Waals surface area contributed by atoms with E-state index in [4.69, 9.17) is 9.47 Å². The number of fused-ring (bicyclic) bond motifs is 2. The van der Waals surface area contributed by atoms with Crippen LogP contribution in [-0.2, 0) is 9.47 Å². The van der Waals surface area contributed by atoms with Crippen LogP contribution in [0.15, 0.2) is 56.0 Å². The molecule has 4 nitrogen and oxygen atoms in total. The number of hydrogen-bond donors (Lipinski definition) is 0. The van der Waals surface area contributed by atoms with Crippen molar-refractivity contribution in [3.63, 3.8) is 0 Å². The molecule has 0 saturated carbocycles. The van der Waals surface area contributed by atoms with Gasteiger partial charge in [-0.15, -0.1) is 0 Å². The summed E-state index contributed by atoms with van der Waals surface area (Å²) in [6, 6.07) is 11.0. The van der Waals surface area contributed by atoms with Crippen LogP contribution in [0.4, 0.5) is 0 Å². The molecule has 0 bridgehead atoms. The van der Waals surface area contributed by atoms with Crippen molar-refractivity contribution in [2.75, 3.05) is 14.2 Å². The van der Waals surface area contributed by atoms with Gasteiger partial charge in [0.05, 0.1) is 25.3 Å². The molecule has 0 spiro atoms. The van der Waals surface area contributed by atoms with Gasteiger partial charge in [0.1, 0.15) is 0 Å². The topological polar surface area (TPSA) is 52.6 Å². The lowest BCUT2D eigenvalue weighted by Crippen LogP contribution is -2.03. The number of methoxy groups -OCH3 is 2. The Labute approximate surface area is 136 Å². The molecule has 1 heterocycles. The molecule has 3 rings (SSSR count). The zero-order valence-corrected chi connectivity index (χ0v) is 13.5. The van der Waals surface area contributed by atoms with E-state index in [9.17, 15) is 9.59 Å². The third kappa shape index (κ3) is 2.71. The van der Waals surface area contributed by atoms with Crippen molar-refractivity contribution >= 4 is 35.5 Å². The average Bonchev–Trinajstić information content (AvgIpc) is 2.57. The Morgan fingerprint density at radius 2 is 1.14 bits per heavy atom. The van der Waals surface area contributed by atoms with Crippen LogP contribution in [-0.4, -0.2) is 26.2 Å². The number of carbonyl (C=O) groups excluding carboxylic acids is 2. The number of esters is 2. The Morgan fingerprint density at radius 1 is 0.727 bits per heavy atom. The smallest absolute Gasteiger partial charge is 0.337 e. The van der Waals surface area contributed by atoms with Gasteiger partial charge in [-0.1, -0.05) is 23.5 Å². The minimum Gasteiger partial charge on any atom is -0.465 e. The fourth-order valence-electron chi connectivity index (χ4n) is 2.07. The van der Waals surface area contributed by atoms with Crippen molar-refractivity contribution in [2.45, 2.75) is 19.6 Å². The maximum absolute atomic E-state index is 11.6. The Morgan fingerprint density at radius 3 is 1.55 bits per heavy atom. The minimum atomic E-state index is -0.359. The summed E-state index contributed by atoms with van der Waals surface area (Å²) < 4.78 is 9.49. The van der Waals surface area contributed by atoms with Crippen LogP contribution >= 0.6 is 23.5 Å². The molecule has 1 aliphatic rings. The number of carbonyl (C=O) groups is 2. The first-order valence-electron chi connectivity index (χ1n) is 6.43. The molecule has 0 saturated heterocycles. The molecule has 2 aromatic carbocycles. The van der Waals surface area contributed by atoms with Crippen LogP contribution in [0.5, 0.6) is 0 Å². The second-order valence-corrected chi connectivity index (χ2v) is 6.68. The highest BCUT2D eigenvalue weighted by atomic mass is 32.2. The lowest BCUT2D eigenvalue weighted by molar-refractivity contribution is 0.0591. The Balaban J connectivity index is 1.96. The highest BCUT2D eigenvalue weighted by molar-refractivity contribution is 8.05. The van der Waals surface area contributed by atoms with Gasteiger partial charge in [-0.2, -0.15) is 0 Å². The summed E-state index contributed by atoms with van der Waals surface area (Å²) >= 11 is 3.14. The molecule has 0 fully saturated rings. The molecule has 0 aromatic heterocycles. The van der Waals surface area contributed by atoms with Gasteiger partial charge in [0, 0.05) is 19.6 Å². The van der Waals surface area contributed by atoms with E-state index in [0.29, 0.717) is 11.1 Å². The third-order valence-corrected chi connectivity index (χ3v) is 5.70. The maximum Gasteiger partial charge on any atom is 0.337 e. The van der Waals surface area contributed by atoms with E-state index in [1.807, 2.05) is 24.3 Å². The SMILES string of the molecule is COC(=O)c1ccc2c(c1)Sc1cc(C(=O)OC)ccc1S2. The van der Waals surface area contributed by atoms with E-state index in [1.54, 1.807) is 23.9 Å². The first-order valence-corrected chi connectivity index (χ1v) is 8.06. The molecule has 6 heteroatoms. The summed E-state index contributed by atoms with van der Waals surface area (Å²) in [6.45, 7) is 0. The van der Waals surface area contributed by atoms with Gasteiger partial charge in [0.15, 0.2) is 0 Å². The van der Waals surface area contributed by atoms with Crippen molar-refractivity contribution < 1.29 is 19.1 Å². The van der Waals surface area contributed by atoms with Gasteiger partial charge in [-0.25, -0.2) is 9.59 Å².